The zero-order valence-electron chi connectivity index (χ0n) is 18.7. The molecule has 2 heterocycles. The molecule has 2 N–H and O–H groups in total. The highest BCUT2D eigenvalue weighted by Crippen LogP contribution is 2.40. The molecule has 1 amide bonds. The Morgan fingerprint density at radius 1 is 1.27 bits per heavy atom. The Kier molecular flexibility index (Phi) is 6.90. The van der Waals surface area contributed by atoms with E-state index in [1.807, 2.05) is 30.3 Å². The van der Waals surface area contributed by atoms with E-state index >= 15 is 0 Å². The second-order valence-electron chi connectivity index (χ2n) is 8.01. The van der Waals surface area contributed by atoms with Crippen LogP contribution in [0.1, 0.15) is 57.2 Å². The van der Waals surface area contributed by atoms with E-state index in [0.29, 0.717) is 33.5 Å². The van der Waals surface area contributed by atoms with Crippen molar-refractivity contribution in [3.63, 3.8) is 0 Å². The van der Waals surface area contributed by atoms with Crippen LogP contribution in [0.4, 0.5) is 5.00 Å². The lowest BCUT2D eigenvalue weighted by Crippen LogP contribution is -2.34. The van der Waals surface area contributed by atoms with Crippen LogP contribution in [0.5, 0.6) is 0 Å². The third-order valence-electron chi connectivity index (χ3n) is 5.58. The number of carbonyl (C=O) groups excluding carboxylic acids is 2. The van der Waals surface area contributed by atoms with E-state index < -0.39 is 5.91 Å². The number of fused-ring (bicyclic) bond motifs is 1. The molecule has 0 saturated heterocycles. The van der Waals surface area contributed by atoms with E-state index in [1.54, 1.807) is 13.8 Å². The van der Waals surface area contributed by atoms with Crippen molar-refractivity contribution in [3.05, 3.63) is 57.7 Å². The number of aryl methyl sites for hydroxylation is 1. The van der Waals surface area contributed by atoms with Gasteiger partial charge in [-0.25, -0.2) is 4.79 Å². The summed E-state index contributed by atoms with van der Waals surface area (Å²) in [4.78, 5) is 26.9. The molecule has 7 nitrogen and oxygen atoms in total. The van der Waals surface area contributed by atoms with E-state index in [1.165, 1.54) is 11.3 Å². The number of nitrogens with one attached hydrogen (secondary N) is 2. The number of rotatable bonds is 5. The predicted molar refractivity (Wildman–Crippen MR) is 132 cm³/mol. The van der Waals surface area contributed by atoms with Crippen molar-refractivity contribution in [2.45, 2.75) is 40.0 Å². The van der Waals surface area contributed by atoms with Gasteiger partial charge in [-0.05, 0) is 56.8 Å². The second kappa shape index (κ2) is 9.84. The molecule has 33 heavy (non-hydrogen) atoms. The zero-order chi connectivity index (χ0) is 23.5. The fraction of sp³-hybridized carbons (Fsp3) is 0.333. The van der Waals surface area contributed by atoms with E-state index in [4.69, 9.17) is 21.5 Å². The molecule has 1 aromatic carbocycles. The van der Waals surface area contributed by atoms with Crippen LogP contribution in [-0.4, -0.2) is 28.8 Å². The third kappa shape index (κ3) is 4.84. The highest BCUT2D eigenvalue weighted by Gasteiger charge is 2.29. The van der Waals surface area contributed by atoms with Crippen molar-refractivity contribution in [3.8, 4) is 11.3 Å². The van der Waals surface area contributed by atoms with Crippen LogP contribution in [0, 0.1) is 12.8 Å². The lowest BCUT2D eigenvalue weighted by molar-refractivity contribution is 0.0526. The minimum Gasteiger partial charge on any atom is -0.462 e. The zero-order valence-corrected chi connectivity index (χ0v) is 20.3. The van der Waals surface area contributed by atoms with Gasteiger partial charge in [-0.3, -0.25) is 10.1 Å². The van der Waals surface area contributed by atoms with Crippen LogP contribution in [0.25, 0.3) is 11.3 Å². The topological polar surface area (TPSA) is 93.5 Å². The quantitative estimate of drug-likeness (QED) is 0.383. The lowest BCUT2D eigenvalue weighted by Gasteiger charge is -2.18. The minimum atomic E-state index is -0.433. The number of benzene rings is 1. The number of carbonyl (C=O) groups is 2. The van der Waals surface area contributed by atoms with Gasteiger partial charge in [0, 0.05) is 10.4 Å². The van der Waals surface area contributed by atoms with Crippen LogP contribution in [-0.2, 0) is 17.6 Å². The van der Waals surface area contributed by atoms with Crippen molar-refractivity contribution in [2.75, 3.05) is 11.9 Å². The smallest absolute Gasteiger partial charge is 0.341 e. The Morgan fingerprint density at radius 2 is 2.03 bits per heavy atom. The van der Waals surface area contributed by atoms with Crippen molar-refractivity contribution in [2.24, 2.45) is 5.92 Å². The minimum absolute atomic E-state index is 0.0943. The van der Waals surface area contributed by atoms with Gasteiger partial charge in [0.05, 0.1) is 12.2 Å². The highest BCUT2D eigenvalue weighted by molar-refractivity contribution is 7.80. The van der Waals surface area contributed by atoms with Gasteiger partial charge in [0.2, 0.25) is 0 Å². The van der Waals surface area contributed by atoms with Gasteiger partial charge in [-0.1, -0.05) is 42.4 Å². The number of esters is 1. The number of amides is 1. The van der Waals surface area contributed by atoms with Crippen molar-refractivity contribution >= 4 is 45.5 Å². The molecule has 0 spiro atoms. The molecule has 0 radical (unpaired) electrons. The average Bonchev–Trinajstić information content (AvgIpc) is 3.34. The number of nitrogens with zero attached hydrogens (tertiary/aromatic N) is 1. The number of thiocarbonyl (C=S) groups is 1. The molecular formula is C24H25N3O4S2. The SMILES string of the molecule is CCOC(=O)c1c(NC(=S)NC(=O)c2c(-c3ccccc3)noc2C)sc2c1CC[C@H](C)C2. The van der Waals surface area contributed by atoms with Gasteiger partial charge in [0.15, 0.2) is 5.11 Å². The predicted octanol–water partition coefficient (Wildman–Crippen LogP) is 5.14. The van der Waals surface area contributed by atoms with Crippen molar-refractivity contribution < 1.29 is 18.8 Å². The first kappa shape index (κ1) is 23.1. The van der Waals surface area contributed by atoms with E-state index in [2.05, 4.69) is 22.7 Å². The molecular weight excluding hydrogens is 458 g/mol. The Labute approximate surface area is 201 Å². The van der Waals surface area contributed by atoms with Crippen LogP contribution in [0.3, 0.4) is 0 Å². The highest BCUT2D eigenvalue weighted by atomic mass is 32.1. The van der Waals surface area contributed by atoms with Gasteiger partial charge in [0.1, 0.15) is 22.0 Å². The first-order valence-electron chi connectivity index (χ1n) is 10.8. The first-order valence-corrected chi connectivity index (χ1v) is 12.1. The monoisotopic (exact) mass is 483 g/mol. The Morgan fingerprint density at radius 3 is 2.76 bits per heavy atom. The fourth-order valence-corrected chi connectivity index (χ4v) is 5.65. The number of ether oxygens (including phenoxy) is 1. The van der Waals surface area contributed by atoms with Crippen LogP contribution in [0.2, 0.25) is 0 Å². The number of hydrogen-bond acceptors (Lipinski definition) is 7. The molecule has 0 bridgehead atoms. The summed E-state index contributed by atoms with van der Waals surface area (Å²) in [5.41, 5.74) is 3.07. The molecule has 1 aliphatic carbocycles. The maximum atomic E-state index is 13.1. The molecule has 0 aliphatic heterocycles. The van der Waals surface area contributed by atoms with Crippen LogP contribution in [0.15, 0.2) is 34.9 Å². The molecule has 9 heteroatoms. The number of hydrogen-bond donors (Lipinski definition) is 2. The van der Waals surface area contributed by atoms with Crippen LogP contribution >= 0.6 is 23.6 Å². The normalized spacial score (nSPS) is 14.9. The summed E-state index contributed by atoms with van der Waals surface area (Å²) >= 11 is 6.92. The maximum Gasteiger partial charge on any atom is 0.341 e. The average molecular weight is 484 g/mol. The van der Waals surface area contributed by atoms with Gasteiger partial charge < -0.3 is 14.6 Å². The molecule has 2 aromatic heterocycles. The molecule has 0 fully saturated rings. The molecule has 172 valence electrons. The van der Waals surface area contributed by atoms with E-state index in [0.717, 1.165) is 35.3 Å². The third-order valence-corrected chi connectivity index (χ3v) is 6.96. The van der Waals surface area contributed by atoms with E-state index in [9.17, 15) is 9.59 Å². The maximum absolute atomic E-state index is 13.1. The van der Waals surface area contributed by atoms with E-state index in [-0.39, 0.29) is 17.7 Å². The summed E-state index contributed by atoms with van der Waals surface area (Å²) in [5, 5.41) is 10.5. The van der Waals surface area contributed by atoms with Gasteiger partial charge >= 0.3 is 5.97 Å². The standard InChI is InChI=1S/C24H25N3O4S2/c1-4-30-23(29)19-16-11-10-13(2)12-17(16)33-22(19)26-24(32)25-21(28)18-14(3)31-27-20(18)15-8-6-5-7-9-15/h5-9,13H,4,10-12H2,1-3H3,(H2,25,26,28,32)/t13-/m0/s1. The summed E-state index contributed by atoms with van der Waals surface area (Å²) in [7, 11) is 0. The van der Waals surface area contributed by atoms with Gasteiger partial charge in [0.25, 0.3) is 5.91 Å². The molecule has 1 aliphatic rings. The number of aromatic nitrogens is 1. The molecule has 3 aromatic rings. The van der Waals surface area contributed by atoms with Crippen molar-refractivity contribution in [1.29, 1.82) is 0 Å². The van der Waals surface area contributed by atoms with Gasteiger partial charge in [-0.2, -0.15) is 0 Å². The molecule has 0 unspecified atom stereocenters. The summed E-state index contributed by atoms with van der Waals surface area (Å²) in [5.74, 6) is 0.140. The first-order chi connectivity index (χ1) is 15.9. The summed E-state index contributed by atoms with van der Waals surface area (Å²) in [6.07, 6.45) is 2.75. The van der Waals surface area contributed by atoms with Crippen LogP contribution < -0.4 is 10.6 Å². The molecule has 4 rings (SSSR count). The van der Waals surface area contributed by atoms with Crippen molar-refractivity contribution in [1.82, 2.24) is 10.5 Å². The summed E-state index contributed by atoms with van der Waals surface area (Å²) < 4.78 is 10.6. The largest absolute Gasteiger partial charge is 0.462 e. The Bertz CT molecular complexity index is 1200. The number of thiophene rings is 1. The Hall–Kier alpha value is -3.04. The molecule has 0 saturated carbocycles. The molecule has 1 atom stereocenters. The summed E-state index contributed by atoms with van der Waals surface area (Å²) in [6.45, 7) is 5.95. The lowest BCUT2D eigenvalue weighted by atomic mass is 9.88. The summed E-state index contributed by atoms with van der Waals surface area (Å²) in [6, 6.07) is 9.33. The fourth-order valence-electron chi connectivity index (χ4n) is 3.99. The number of anilines is 1. The second-order valence-corrected chi connectivity index (χ2v) is 9.53. The Balaban J connectivity index is 1.56. The van der Waals surface area contributed by atoms with Gasteiger partial charge in [-0.15, -0.1) is 11.3 Å².